The van der Waals surface area contributed by atoms with Crippen molar-refractivity contribution >= 4 is 17.1 Å². The average Bonchev–Trinajstić information content (AvgIpc) is 1.62. The van der Waals surface area contributed by atoms with Crippen LogP contribution in [0.4, 0.5) is 21.5 Å². The third kappa shape index (κ3) is 13.4. The quantitative estimate of drug-likeness (QED) is 0.119. The molecule has 6 aliphatic rings. The predicted molar refractivity (Wildman–Crippen MR) is 400 cm³/mol. The van der Waals surface area contributed by atoms with Gasteiger partial charge in [0.15, 0.2) is 11.6 Å². The van der Waals surface area contributed by atoms with Gasteiger partial charge in [0.05, 0.1) is 75.8 Å². The van der Waals surface area contributed by atoms with Crippen molar-refractivity contribution in [3.63, 3.8) is 0 Å². The molecule has 6 aromatic carbocycles. The second kappa shape index (κ2) is 27.9. The van der Waals surface area contributed by atoms with E-state index in [1.807, 2.05) is 53.2 Å². The Kier molecular flexibility index (Phi) is 18.0. The van der Waals surface area contributed by atoms with E-state index in [2.05, 4.69) is 237 Å². The molecule has 6 aliphatic heterocycles. The van der Waals surface area contributed by atoms with Crippen LogP contribution in [0, 0.1) is 41.3 Å². The number of aromatic nitrogens is 12. The van der Waals surface area contributed by atoms with E-state index in [0.717, 1.165) is 151 Å². The number of fused-ring (bicyclic) bond motifs is 15. The zero-order chi connectivity index (χ0) is 70.6. The second-order valence-corrected chi connectivity index (χ2v) is 28.8. The molecule has 3 fully saturated rings. The van der Waals surface area contributed by atoms with E-state index < -0.39 is 0 Å². The van der Waals surface area contributed by atoms with E-state index in [9.17, 15) is 4.39 Å². The number of piperidine rings is 1. The highest BCUT2D eigenvalue weighted by Crippen LogP contribution is 2.40. The van der Waals surface area contributed by atoms with Gasteiger partial charge in [0.25, 0.3) is 0 Å². The van der Waals surface area contributed by atoms with Gasteiger partial charge in [-0.2, -0.15) is 15.2 Å². The Morgan fingerprint density at radius 1 is 0.505 bits per heavy atom. The highest BCUT2D eigenvalue weighted by atomic mass is 19.1. The fourth-order valence-electron chi connectivity index (χ4n) is 15.8. The number of ether oxygens (including phenoxy) is 1. The summed E-state index contributed by atoms with van der Waals surface area (Å²) in [5.74, 6) is 2.97. The number of benzene rings is 6. The first-order chi connectivity index (χ1) is 50.1. The molecule has 18 rings (SSSR count). The fraction of sp³-hybridized carbons (Fsp3) is 0.309. The number of morpholine rings is 1. The molecular weight excluding hydrogens is 1290 g/mol. The summed E-state index contributed by atoms with van der Waals surface area (Å²) in [6, 6.07) is 53.8. The molecule has 0 spiro atoms. The van der Waals surface area contributed by atoms with Gasteiger partial charge in [0.1, 0.15) is 12.1 Å². The Labute approximate surface area is 599 Å². The number of aryl methyl sites for hydroxylation is 1. The molecule has 21 nitrogen and oxygen atoms in total. The Hall–Kier alpha value is -11.3. The van der Waals surface area contributed by atoms with Crippen LogP contribution in [-0.2, 0) is 24.4 Å². The summed E-state index contributed by atoms with van der Waals surface area (Å²) < 4.78 is 32.3. The van der Waals surface area contributed by atoms with E-state index in [-0.39, 0.29) is 11.9 Å². The third-order valence-corrected chi connectivity index (χ3v) is 21.0. The lowest BCUT2D eigenvalue weighted by Gasteiger charge is -2.36. The molecule has 0 aliphatic carbocycles. The molecule has 3 saturated heterocycles. The van der Waals surface area contributed by atoms with Crippen LogP contribution in [0.15, 0.2) is 177 Å². The maximum atomic E-state index is 13.4. The fourth-order valence-corrected chi connectivity index (χ4v) is 15.8. The van der Waals surface area contributed by atoms with Gasteiger partial charge >= 0.3 is 0 Å². The molecule has 0 amide bonds. The number of tetrazole rings is 1. The zero-order valence-electron chi connectivity index (χ0n) is 59.3. The van der Waals surface area contributed by atoms with Crippen molar-refractivity contribution in [3.8, 4) is 97.1 Å². The van der Waals surface area contributed by atoms with Crippen LogP contribution in [-0.4, -0.2) is 186 Å². The number of imidazole rings is 1. The Balaban J connectivity index is 0.000000119. The lowest BCUT2D eigenvalue weighted by atomic mass is 10.0. The van der Waals surface area contributed by atoms with E-state index in [1.54, 1.807) is 18.5 Å². The molecule has 0 saturated carbocycles. The molecule has 2 atom stereocenters. The van der Waals surface area contributed by atoms with Gasteiger partial charge in [0, 0.05) is 137 Å². The Morgan fingerprint density at radius 3 is 1.57 bits per heavy atom. The minimum atomic E-state index is -0.236. The van der Waals surface area contributed by atoms with E-state index in [0.29, 0.717) is 35.5 Å². The summed E-state index contributed by atoms with van der Waals surface area (Å²) in [4.78, 5) is 19.2. The molecular formula is C81H83FN20O. The first-order valence-corrected chi connectivity index (χ1v) is 35.5. The zero-order valence-corrected chi connectivity index (χ0v) is 59.3. The predicted octanol–water partition coefficient (Wildman–Crippen LogP) is 12.2. The SMILES string of the molecule is CN(C)CC1CN(c2ccc3c(c2)Cn2cc(-c4ccc(C#N)cc4)cc2-c2nncn2-3)CCO1.CN(C)C[C@H]1CCN(c2ccc3c(c2)Cn2cc(-c4ccc(F)cc4)cc2-c2nnnn2-3)C1.Cc1cn2c(n1)-c1cc(-c3ccc(C#N)cc3)cn1Cc1cc(N3CCC(N(C)C)CC3)ccc1-2. The van der Waals surface area contributed by atoms with Crippen molar-refractivity contribution in [1.29, 1.82) is 10.5 Å². The first kappa shape index (κ1) is 66.3. The van der Waals surface area contributed by atoms with E-state index in [1.165, 1.54) is 70.8 Å². The van der Waals surface area contributed by atoms with Crippen molar-refractivity contribution in [2.24, 2.45) is 5.92 Å². The van der Waals surface area contributed by atoms with Crippen LogP contribution >= 0.6 is 0 Å². The lowest BCUT2D eigenvalue weighted by molar-refractivity contribution is 0.0248. The molecule has 520 valence electrons. The summed E-state index contributed by atoms with van der Waals surface area (Å²) in [6.45, 7) is 13.2. The van der Waals surface area contributed by atoms with Crippen molar-refractivity contribution in [3.05, 3.63) is 216 Å². The number of anilines is 3. The van der Waals surface area contributed by atoms with Crippen LogP contribution in [0.3, 0.4) is 0 Å². The number of hydrogen-bond donors (Lipinski definition) is 0. The van der Waals surface area contributed by atoms with Crippen molar-refractivity contribution in [2.75, 3.05) is 116 Å². The Morgan fingerprint density at radius 2 is 1.01 bits per heavy atom. The van der Waals surface area contributed by atoms with Gasteiger partial charge in [-0.05, 0) is 227 Å². The number of halogens is 1. The van der Waals surface area contributed by atoms with Gasteiger partial charge in [0.2, 0.25) is 5.82 Å². The minimum Gasteiger partial charge on any atom is -0.373 e. The average molecular weight is 1370 g/mol. The van der Waals surface area contributed by atoms with Crippen molar-refractivity contribution in [1.82, 2.24) is 72.9 Å². The molecule has 1 unspecified atom stereocenters. The largest absolute Gasteiger partial charge is 0.373 e. The summed E-state index contributed by atoms with van der Waals surface area (Å²) >= 11 is 0. The van der Waals surface area contributed by atoms with Gasteiger partial charge in [-0.25, -0.2) is 9.37 Å². The number of nitrogens with zero attached hydrogens (tertiary/aromatic N) is 20. The third-order valence-electron chi connectivity index (χ3n) is 21.0. The van der Waals surface area contributed by atoms with Crippen molar-refractivity contribution in [2.45, 2.75) is 58.0 Å². The van der Waals surface area contributed by atoms with E-state index >= 15 is 0 Å². The second-order valence-electron chi connectivity index (χ2n) is 28.8. The van der Waals surface area contributed by atoms with Crippen LogP contribution in [0.2, 0.25) is 0 Å². The highest BCUT2D eigenvalue weighted by Gasteiger charge is 2.31. The minimum absolute atomic E-state index is 0.202. The molecule has 103 heavy (non-hydrogen) atoms. The Bertz CT molecular complexity index is 5160. The highest BCUT2D eigenvalue weighted by molar-refractivity contribution is 5.76. The summed E-state index contributed by atoms with van der Waals surface area (Å²) in [5.41, 5.74) is 22.6. The van der Waals surface area contributed by atoms with E-state index in [4.69, 9.17) is 20.2 Å². The monoisotopic (exact) mass is 1370 g/mol. The maximum absolute atomic E-state index is 13.4. The molecule has 12 aromatic rings. The van der Waals surface area contributed by atoms with Gasteiger partial charge in [-0.3, -0.25) is 9.13 Å². The first-order valence-electron chi connectivity index (χ1n) is 35.5. The maximum Gasteiger partial charge on any atom is 0.203 e. The van der Waals surface area contributed by atoms with Crippen molar-refractivity contribution < 1.29 is 9.13 Å². The normalized spacial score (nSPS) is 16.4. The van der Waals surface area contributed by atoms with Gasteiger partial charge in [-0.1, -0.05) is 36.4 Å². The van der Waals surface area contributed by atoms with Crippen LogP contribution in [0.1, 0.15) is 52.8 Å². The summed E-state index contributed by atoms with van der Waals surface area (Å²) in [7, 11) is 12.8. The van der Waals surface area contributed by atoms with Crippen LogP contribution in [0.5, 0.6) is 0 Å². The topological polar surface area (TPSA) is 183 Å². The summed E-state index contributed by atoms with van der Waals surface area (Å²) in [6.07, 6.45) is 14.2. The molecule has 0 bridgehead atoms. The van der Waals surface area contributed by atoms with Crippen LogP contribution in [0.25, 0.3) is 85.0 Å². The lowest BCUT2D eigenvalue weighted by Crippen LogP contribution is -2.46. The number of nitriles is 2. The number of likely N-dealkylation sites (N-methyl/N-ethyl adjacent to an activating group) is 1. The van der Waals surface area contributed by atoms with Gasteiger partial charge in [-0.15, -0.1) is 15.3 Å². The molecule has 0 N–H and O–H groups in total. The molecule has 0 radical (unpaired) electrons. The molecule has 12 heterocycles. The molecule has 6 aromatic heterocycles. The standard InChI is InChI=1S/C29H30N6.C27H27N7O.C25H26FN7/c1-20-17-35-27-9-8-26(33-12-10-25(11-13-33)32(2)3)14-24(27)19-34-18-23(15-28(34)29(35)31-20)22-6-4-21(16-30)5-7-22;1-31(2)16-24-17-32(9-10-35-24)23-7-8-25-22(11-23)15-33-14-21(20-5-3-19(13-28)4-6-20)12-26(33)27-30-29-18-34(25)27;1-30(2)13-17-9-10-31(14-17)22-7-8-23-20(11-22)16-32-15-19(18-3-5-21(26)6-4-18)12-24(32)25-27-28-29-33(23)25/h4-9,14-15,17-18,25H,10-13,19H2,1-3H3;3-8,11-12,14,18,24H,9-10,15-17H2,1-2H3;3-8,11-12,15,17H,9-10,13-14,16H2,1-2H3/t;;17-/m..1/s1. The number of hydrogen-bond acceptors (Lipinski definition) is 15. The molecule has 22 heteroatoms. The number of rotatable bonds is 11. The van der Waals surface area contributed by atoms with Gasteiger partial charge < -0.3 is 47.8 Å². The smallest absolute Gasteiger partial charge is 0.203 e. The van der Waals surface area contributed by atoms with Crippen LogP contribution < -0.4 is 14.7 Å². The summed E-state index contributed by atoms with van der Waals surface area (Å²) in [5, 5.41) is 39.5.